The van der Waals surface area contributed by atoms with Gasteiger partial charge in [0.15, 0.2) is 0 Å². The fraction of sp³-hybridized carbons (Fsp3) is 0.182. The van der Waals surface area contributed by atoms with Crippen molar-refractivity contribution in [3.05, 3.63) is 40.4 Å². The largest absolute Gasteiger partial charge is 0.486 e. The lowest BCUT2D eigenvalue weighted by molar-refractivity contribution is 0.296. The second-order valence-corrected chi connectivity index (χ2v) is 6.41. The van der Waals surface area contributed by atoms with Crippen molar-refractivity contribution >= 4 is 26.0 Å². The molecule has 1 heterocycles. The van der Waals surface area contributed by atoms with Crippen molar-refractivity contribution in [2.24, 2.45) is 12.2 Å². The molecule has 0 aliphatic rings. The van der Waals surface area contributed by atoms with E-state index in [9.17, 15) is 12.8 Å². The molecule has 20 heavy (non-hydrogen) atoms. The number of aromatic nitrogens is 2. The highest BCUT2D eigenvalue weighted by Crippen LogP contribution is 2.30. The second-order valence-electron chi connectivity index (χ2n) is 4.03. The van der Waals surface area contributed by atoms with Crippen LogP contribution in [0.2, 0.25) is 0 Å². The highest BCUT2D eigenvalue weighted by molar-refractivity contribution is 9.10. The highest BCUT2D eigenvalue weighted by atomic mass is 79.9. The first-order valence-corrected chi connectivity index (χ1v) is 7.74. The molecule has 0 spiro atoms. The summed E-state index contributed by atoms with van der Waals surface area (Å²) in [5.41, 5.74) is 0.662. The molecule has 108 valence electrons. The molecule has 2 N–H and O–H groups in total. The van der Waals surface area contributed by atoms with E-state index in [-0.39, 0.29) is 12.4 Å². The van der Waals surface area contributed by atoms with Crippen LogP contribution in [0, 0.1) is 5.82 Å². The number of nitrogens with two attached hydrogens (primary N) is 1. The van der Waals surface area contributed by atoms with Gasteiger partial charge in [-0.05, 0) is 28.1 Å². The molecule has 0 aliphatic carbocycles. The van der Waals surface area contributed by atoms with Gasteiger partial charge in [-0.1, -0.05) is 0 Å². The van der Waals surface area contributed by atoms with Crippen LogP contribution in [0.1, 0.15) is 5.69 Å². The predicted octanol–water partition coefficient (Wildman–Crippen LogP) is 1.55. The number of benzene rings is 1. The van der Waals surface area contributed by atoms with Crippen LogP contribution in [-0.4, -0.2) is 18.2 Å². The van der Waals surface area contributed by atoms with E-state index in [0.29, 0.717) is 10.2 Å². The Morgan fingerprint density at radius 1 is 1.50 bits per heavy atom. The number of halogens is 2. The Bertz CT molecular complexity index is 745. The summed E-state index contributed by atoms with van der Waals surface area (Å²) >= 11 is 3.12. The zero-order valence-corrected chi connectivity index (χ0v) is 12.8. The molecule has 0 saturated heterocycles. The van der Waals surface area contributed by atoms with Gasteiger partial charge in [0.1, 0.15) is 23.1 Å². The fourth-order valence-corrected chi connectivity index (χ4v) is 2.75. The Balaban J connectivity index is 2.23. The van der Waals surface area contributed by atoms with Crippen LogP contribution < -0.4 is 9.88 Å². The molecule has 0 aliphatic heterocycles. The minimum Gasteiger partial charge on any atom is -0.486 e. The first-order chi connectivity index (χ1) is 9.27. The van der Waals surface area contributed by atoms with E-state index in [1.807, 2.05) is 0 Å². The van der Waals surface area contributed by atoms with Crippen LogP contribution >= 0.6 is 15.9 Å². The lowest BCUT2D eigenvalue weighted by atomic mass is 10.3. The monoisotopic (exact) mass is 363 g/mol. The predicted molar refractivity (Wildman–Crippen MR) is 73.0 cm³/mol. The molecule has 2 aromatic rings. The van der Waals surface area contributed by atoms with Gasteiger partial charge in [0.25, 0.3) is 0 Å². The Morgan fingerprint density at radius 2 is 2.20 bits per heavy atom. The van der Waals surface area contributed by atoms with Gasteiger partial charge in [-0.15, -0.1) is 0 Å². The number of aryl methyl sites for hydroxylation is 1. The zero-order valence-electron chi connectivity index (χ0n) is 10.4. The van der Waals surface area contributed by atoms with Crippen LogP contribution in [0.4, 0.5) is 4.39 Å². The van der Waals surface area contributed by atoms with E-state index in [1.165, 1.54) is 0 Å². The molecule has 1 aromatic carbocycles. The third-order valence-corrected chi connectivity index (χ3v) is 3.98. The number of nitrogens with zero attached hydrogens (tertiary/aromatic N) is 2. The molecule has 0 saturated carbocycles. The molecular weight excluding hydrogens is 353 g/mol. The van der Waals surface area contributed by atoms with Gasteiger partial charge in [0.2, 0.25) is 10.0 Å². The van der Waals surface area contributed by atoms with Gasteiger partial charge >= 0.3 is 0 Å². The van der Waals surface area contributed by atoms with Crippen molar-refractivity contribution in [2.45, 2.75) is 11.5 Å². The summed E-state index contributed by atoms with van der Waals surface area (Å²) in [5, 5.41) is 9.00. The third-order valence-electron chi connectivity index (χ3n) is 2.44. The van der Waals surface area contributed by atoms with Crippen LogP contribution in [0.25, 0.3) is 0 Å². The van der Waals surface area contributed by atoms with Gasteiger partial charge in [0.05, 0.1) is 10.2 Å². The SMILES string of the molecule is Cn1ccc(COc2cc(F)c(S(N)(=O)=O)cc2Br)n1. The van der Waals surface area contributed by atoms with E-state index < -0.39 is 20.7 Å². The summed E-state index contributed by atoms with van der Waals surface area (Å²) in [6.45, 7) is 0.133. The summed E-state index contributed by atoms with van der Waals surface area (Å²) < 4.78 is 43.3. The van der Waals surface area contributed by atoms with Crippen molar-refractivity contribution in [3.8, 4) is 5.75 Å². The number of hydrogen-bond acceptors (Lipinski definition) is 4. The van der Waals surface area contributed by atoms with E-state index in [4.69, 9.17) is 9.88 Å². The fourth-order valence-electron chi connectivity index (χ4n) is 1.53. The first-order valence-electron chi connectivity index (χ1n) is 5.40. The minimum absolute atomic E-state index is 0.133. The number of rotatable bonds is 4. The lowest BCUT2D eigenvalue weighted by Crippen LogP contribution is -2.14. The van der Waals surface area contributed by atoms with Crippen molar-refractivity contribution in [2.75, 3.05) is 0 Å². The Hall–Kier alpha value is -1.45. The molecule has 9 heteroatoms. The molecule has 0 amide bonds. The number of sulfonamides is 1. The Kier molecular flexibility index (Phi) is 4.11. The first kappa shape index (κ1) is 14.9. The van der Waals surface area contributed by atoms with Gasteiger partial charge < -0.3 is 4.74 Å². The Morgan fingerprint density at radius 3 is 2.75 bits per heavy atom. The van der Waals surface area contributed by atoms with Gasteiger partial charge in [-0.25, -0.2) is 17.9 Å². The second kappa shape index (κ2) is 5.51. The summed E-state index contributed by atoms with van der Waals surface area (Å²) in [7, 11) is -2.35. The van der Waals surface area contributed by atoms with Crippen molar-refractivity contribution in [3.63, 3.8) is 0 Å². The van der Waals surface area contributed by atoms with Crippen LogP contribution in [0.3, 0.4) is 0 Å². The maximum Gasteiger partial charge on any atom is 0.241 e. The third kappa shape index (κ3) is 3.35. The molecule has 6 nitrogen and oxygen atoms in total. The highest BCUT2D eigenvalue weighted by Gasteiger charge is 2.18. The molecule has 1 aromatic heterocycles. The standard InChI is InChI=1S/C11H11BrFN3O3S/c1-16-3-2-7(15-16)6-19-10-5-9(13)11(4-8(10)12)20(14,17)18/h2-5H,6H2,1H3,(H2,14,17,18). The van der Waals surface area contributed by atoms with E-state index in [1.54, 1.807) is 24.0 Å². The van der Waals surface area contributed by atoms with Crippen LogP contribution in [-0.2, 0) is 23.7 Å². The molecular formula is C11H11BrFN3O3S. The van der Waals surface area contributed by atoms with Gasteiger partial charge in [-0.3, -0.25) is 4.68 Å². The average Bonchev–Trinajstić information content (AvgIpc) is 2.74. The van der Waals surface area contributed by atoms with Crippen molar-refractivity contribution < 1.29 is 17.5 Å². The zero-order chi connectivity index (χ0) is 14.9. The van der Waals surface area contributed by atoms with E-state index in [0.717, 1.165) is 12.1 Å². The summed E-state index contributed by atoms with van der Waals surface area (Å²) in [5.74, 6) is -0.799. The van der Waals surface area contributed by atoms with Gasteiger partial charge in [0, 0.05) is 19.3 Å². The average molecular weight is 364 g/mol. The van der Waals surface area contributed by atoms with Crippen molar-refractivity contribution in [1.82, 2.24) is 9.78 Å². The number of primary sulfonamides is 1. The van der Waals surface area contributed by atoms with Gasteiger partial charge in [-0.2, -0.15) is 5.10 Å². The topological polar surface area (TPSA) is 87.2 Å². The minimum atomic E-state index is -4.11. The van der Waals surface area contributed by atoms with E-state index >= 15 is 0 Å². The summed E-state index contributed by atoms with van der Waals surface area (Å²) in [6.07, 6.45) is 1.75. The lowest BCUT2D eigenvalue weighted by Gasteiger charge is -2.09. The van der Waals surface area contributed by atoms with Crippen LogP contribution in [0.5, 0.6) is 5.75 Å². The molecule has 0 atom stereocenters. The smallest absolute Gasteiger partial charge is 0.241 e. The maximum atomic E-state index is 13.7. The summed E-state index contributed by atoms with van der Waals surface area (Å²) in [4.78, 5) is -0.588. The molecule has 0 fully saturated rings. The van der Waals surface area contributed by atoms with Crippen molar-refractivity contribution in [1.29, 1.82) is 0 Å². The normalized spacial score (nSPS) is 11.6. The number of hydrogen-bond donors (Lipinski definition) is 1. The van der Waals surface area contributed by atoms with E-state index in [2.05, 4.69) is 21.0 Å². The Labute approximate surface area is 123 Å². The molecule has 0 bridgehead atoms. The summed E-state index contributed by atoms with van der Waals surface area (Å²) in [6, 6.07) is 3.79. The maximum absolute atomic E-state index is 13.7. The molecule has 0 radical (unpaired) electrons. The molecule has 0 unspecified atom stereocenters. The van der Waals surface area contributed by atoms with Crippen LogP contribution in [0.15, 0.2) is 33.8 Å². The quantitative estimate of drug-likeness (QED) is 0.892. The molecule has 2 rings (SSSR count). The number of ether oxygens (including phenoxy) is 1.